The smallest absolute Gasteiger partial charge is 0.227 e. The predicted molar refractivity (Wildman–Crippen MR) is 60.6 cm³/mol. The lowest BCUT2D eigenvalue weighted by atomic mass is 9.85. The molecule has 1 fully saturated rings. The van der Waals surface area contributed by atoms with E-state index in [1.165, 1.54) is 6.33 Å². The summed E-state index contributed by atoms with van der Waals surface area (Å²) in [6.45, 7) is 3.55. The summed E-state index contributed by atoms with van der Waals surface area (Å²) in [6, 6.07) is 0.361. The molecule has 6 heteroatoms. The molecule has 3 unspecified atom stereocenters. The van der Waals surface area contributed by atoms with E-state index in [0.29, 0.717) is 11.9 Å². The highest BCUT2D eigenvalue weighted by molar-refractivity contribution is 4.97. The first-order valence-corrected chi connectivity index (χ1v) is 5.98. The van der Waals surface area contributed by atoms with Crippen LogP contribution in [0.15, 0.2) is 10.9 Å². The Balaban J connectivity index is 1.66. The van der Waals surface area contributed by atoms with E-state index in [2.05, 4.69) is 15.5 Å². The van der Waals surface area contributed by atoms with E-state index < -0.39 is 0 Å². The van der Waals surface area contributed by atoms with Gasteiger partial charge in [-0.1, -0.05) is 5.16 Å². The summed E-state index contributed by atoms with van der Waals surface area (Å²) in [5.74, 6) is 0.659. The zero-order valence-electron chi connectivity index (χ0n) is 10.3. The number of nitrogens with zero attached hydrogens (tertiary/aromatic N) is 2. The van der Waals surface area contributed by atoms with Crippen molar-refractivity contribution in [3.8, 4) is 0 Å². The van der Waals surface area contributed by atoms with Crippen molar-refractivity contribution in [2.45, 2.75) is 38.0 Å². The second-order valence-electron chi connectivity index (χ2n) is 4.08. The first-order valence-electron chi connectivity index (χ1n) is 5.98. The predicted octanol–water partition coefficient (Wildman–Crippen LogP) is 0.394. The van der Waals surface area contributed by atoms with Crippen molar-refractivity contribution >= 4 is 0 Å². The van der Waals surface area contributed by atoms with Gasteiger partial charge in [0.25, 0.3) is 0 Å². The summed E-state index contributed by atoms with van der Waals surface area (Å²) < 4.78 is 15.9. The van der Waals surface area contributed by atoms with Crippen LogP contribution in [0.4, 0.5) is 0 Å². The highest BCUT2D eigenvalue weighted by Gasteiger charge is 2.41. The molecule has 6 nitrogen and oxygen atoms in total. The standard InChI is InChI=1S/C11H19N3O3/c1-3-16-9-6-8(11(9)15-2)12-5-4-10-13-7-14-17-10/h7-9,11-12H,3-6H2,1-2H3. The quantitative estimate of drug-likeness (QED) is 0.745. The molecule has 2 rings (SSSR count). The number of hydrogen-bond acceptors (Lipinski definition) is 6. The summed E-state index contributed by atoms with van der Waals surface area (Å²) in [7, 11) is 1.72. The highest BCUT2D eigenvalue weighted by Crippen LogP contribution is 2.26. The zero-order chi connectivity index (χ0) is 12.1. The van der Waals surface area contributed by atoms with Crippen molar-refractivity contribution in [2.24, 2.45) is 0 Å². The van der Waals surface area contributed by atoms with Crippen LogP contribution in [0.2, 0.25) is 0 Å². The van der Waals surface area contributed by atoms with Crippen LogP contribution < -0.4 is 5.32 Å². The summed E-state index contributed by atoms with van der Waals surface area (Å²) >= 11 is 0. The fraction of sp³-hybridized carbons (Fsp3) is 0.818. The maximum Gasteiger partial charge on any atom is 0.227 e. The fourth-order valence-corrected chi connectivity index (χ4v) is 2.14. The van der Waals surface area contributed by atoms with Gasteiger partial charge < -0.3 is 19.3 Å². The van der Waals surface area contributed by atoms with E-state index in [4.69, 9.17) is 14.0 Å². The number of nitrogens with one attached hydrogen (secondary N) is 1. The highest BCUT2D eigenvalue weighted by atomic mass is 16.5. The van der Waals surface area contributed by atoms with Gasteiger partial charge in [0, 0.05) is 32.7 Å². The summed E-state index contributed by atoms with van der Waals surface area (Å²) in [5, 5.41) is 6.98. The molecule has 0 radical (unpaired) electrons. The van der Waals surface area contributed by atoms with E-state index in [9.17, 15) is 0 Å². The molecule has 0 bridgehead atoms. The Kier molecular flexibility index (Phi) is 4.47. The Bertz CT molecular complexity index is 318. The molecule has 96 valence electrons. The van der Waals surface area contributed by atoms with Gasteiger partial charge in [-0.05, 0) is 13.3 Å². The largest absolute Gasteiger partial charge is 0.377 e. The van der Waals surface area contributed by atoms with Gasteiger partial charge >= 0.3 is 0 Å². The maximum atomic E-state index is 5.56. The topological polar surface area (TPSA) is 69.4 Å². The lowest BCUT2D eigenvalue weighted by Gasteiger charge is -2.43. The third kappa shape index (κ3) is 3.02. The molecule has 3 atom stereocenters. The van der Waals surface area contributed by atoms with Crippen LogP contribution in [0.1, 0.15) is 19.2 Å². The molecule has 1 saturated carbocycles. The number of hydrogen-bond donors (Lipinski definition) is 1. The molecule has 1 aliphatic rings. The Morgan fingerprint density at radius 3 is 3.12 bits per heavy atom. The van der Waals surface area contributed by atoms with Crippen molar-refractivity contribution in [2.75, 3.05) is 20.3 Å². The maximum absolute atomic E-state index is 5.56. The lowest BCUT2D eigenvalue weighted by Crippen LogP contribution is -2.60. The normalized spacial score (nSPS) is 28.0. The van der Waals surface area contributed by atoms with Crippen LogP contribution in [0, 0.1) is 0 Å². The van der Waals surface area contributed by atoms with Gasteiger partial charge in [0.1, 0.15) is 0 Å². The Hall–Kier alpha value is -0.980. The molecular weight excluding hydrogens is 222 g/mol. The van der Waals surface area contributed by atoms with Gasteiger partial charge in [-0.25, -0.2) is 0 Å². The third-order valence-corrected chi connectivity index (χ3v) is 3.05. The Labute approximate surface area is 101 Å². The van der Waals surface area contributed by atoms with Crippen LogP contribution >= 0.6 is 0 Å². The van der Waals surface area contributed by atoms with Crippen LogP contribution in [-0.2, 0) is 15.9 Å². The number of methoxy groups -OCH3 is 1. The molecule has 0 amide bonds. The second kappa shape index (κ2) is 6.09. The SMILES string of the molecule is CCOC1CC(NCCc2ncno2)C1OC. The molecule has 1 aromatic rings. The molecule has 17 heavy (non-hydrogen) atoms. The first-order chi connectivity index (χ1) is 8.35. The van der Waals surface area contributed by atoms with Gasteiger partial charge in [0.2, 0.25) is 5.89 Å². The summed E-state index contributed by atoms with van der Waals surface area (Å²) in [6.07, 6.45) is 3.54. The molecule has 0 saturated heterocycles. The van der Waals surface area contributed by atoms with Crippen molar-refractivity contribution < 1.29 is 14.0 Å². The summed E-state index contributed by atoms with van der Waals surface area (Å²) in [5.41, 5.74) is 0. The van der Waals surface area contributed by atoms with E-state index >= 15 is 0 Å². The van der Waals surface area contributed by atoms with E-state index in [1.54, 1.807) is 7.11 Å². The number of ether oxygens (including phenoxy) is 2. The van der Waals surface area contributed by atoms with Crippen molar-refractivity contribution in [1.82, 2.24) is 15.5 Å². The van der Waals surface area contributed by atoms with E-state index in [0.717, 1.165) is 26.0 Å². The Morgan fingerprint density at radius 1 is 1.59 bits per heavy atom. The third-order valence-electron chi connectivity index (χ3n) is 3.05. The van der Waals surface area contributed by atoms with Crippen LogP contribution in [0.5, 0.6) is 0 Å². The molecule has 1 heterocycles. The van der Waals surface area contributed by atoms with Gasteiger partial charge in [0.15, 0.2) is 6.33 Å². The minimum atomic E-state index is 0.151. The van der Waals surface area contributed by atoms with Gasteiger partial charge in [-0.15, -0.1) is 0 Å². The molecule has 0 aromatic carbocycles. The molecule has 0 aliphatic heterocycles. The Morgan fingerprint density at radius 2 is 2.47 bits per heavy atom. The molecular formula is C11H19N3O3. The van der Waals surface area contributed by atoms with Crippen LogP contribution in [0.25, 0.3) is 0 Å². The minimum absolute atomic E-state index is 0.151. The van der Waals surface area contributed by atoms with E-state index in [-0.39, 0.29) is 12.2 Å². The number of rotatable bonds is 7. The van der Waals surface area contributed by atoms with Gasteiger partial charge in [-0.2, -0.15) is 4.98 Å². The zero-order valence-corrected chi connectivity index (χ0v) is 10.3. The minimum Gasteiger partial charge on any atom is -0.377 e. The molecule has 1 aliphatic carbocycles. The van der Waals surface area contributed by atoms with Crippen LogP contribution in [0.3, 0.4) is 0 Å². The van der Waals surface area contributed by atoms with Gasteiger partial charge in [-0.3, -0.25) is 0 Å². The van der Waals surface area contributed by atoms with Crippen molar-refractivity contribution in [3.63, 3.8) is 0 Å². The lowest BCUT2D eigenvalue weighted by molar-refractivity contribution is -0.131. The number of aromatic nitrogens is 2. The molecule has 1 N–H and O–H groups in total. The second-order valence-corrected chi connectivity index (χ2v) is 4.08. The summed E-state index contributed by atoms with van der Waals surface area (Å²) in [4.78, 5) is 3.97. The fourth-order valence-electron chi connectivity index (χ4n) is 2.14. The van der Waals surface area contributed by atoms with E-state index in [1.807, 2.05) is 6.92 Å². The van der Waals surface area contributed by atoms with Crippen molar-refractivity contribution in [1.29, 1.82) is 0 Å². The average Bonchev–Trinajstić information content (AvgIpc) is 2.80. The molecule has 1 aromatic heterocycles. The van der Waals surface area contributed by atoms with Crippen LogP contribution in [-0.4, -0.2) is 48.7 Å². The average molecular weight is 241 g/mol. The monoisotopic (exact) mass is 241 g/mol. The van der Waals surface area contributed by atoms with Gasteiger partial charge in [0.05, 0.1) is 12.2 Å². The first kappa shape index (κ1) is 12.5. The van der Waals surface area contributed by atoms with Crippen molar-refractivity contribution in [3.05, 3.63) is 12.2 Å². The molecule has 0 spiro atoms.